The Morgan fingerprint density at radius 1 is 1.10 bits per heavy atom. The predicted molar refractivity (Wildman–Crippen MR) is 72.0 cm³/mol. The van der Waals surface area contributed by atoms with Crippen LogP contribution in [0.5, 0.6) is 0 Å². The minimum Gasteiger partial charge on any atom is -0.387 e. The molecule has 1 aromatic carbocycles. The molecule has 2 aromatic rings. The van der Waals surface area contributed by atoms with Crippen molar-refractivity contribution in [3.8, 4) is 0 Å². The van der Waals surface area contributed by atoms with Crippen LogP contribution in [-0.4, -0.2) is 16.6 Å². The molecule has 0 saturated carbocycles. The maximum Gasteiger partial charge on any atom is 0.159 e. The first-order chi connectivity index (χ1) is 9.58. The van der Waals surface area contributed by atoms with Crippen molar-refractivity contribution < 1.29 is 13.9 Å². The van der Waals surface area contributed by atoms with Crippen molar-refractivity contribution in [1.82, 2.24) is 10.3 Å². The zero-order chi connectivity index (χ0) is 14.5. The lowest BCUT2D eigenvalue weighted by atomic mass is 10.1. The summed E-state index contributed by atoms with van der Waals surface area (Å²) in [6.45, 7) is 2.20. The van der Waals surface area contributed by atoms with Crippen LogP contribution in [0.25, 0.3) is 0 Å². The number of pyridine rings is 1. The van der Waals surface area contributed by atoms with Crippen LogP contribution in [0.3, 0.4) is 0 Å². The number of hydrogen-bond donors (Lipinski definition) is 2. The van der Waals surface area contributed by atoms with Crippen molar-refractivity contribution in [2.45, 2.75) is 19.1 Å². The van der Waals surface area contributed by atoms with Gasteiger partial charge in [-0.25, -0.2) is 8.78 Å². The van der Waals surface area contributed by atoms with E-state index in [1.54, 1.807) is 12.4 Å². The predicted octanol–water partition coefficient (Wildman–Crippen LogP) is 2.74. The molecule has 20 heavy (non-hydrogen) atoms. The zero-order valence-electron chi connectivity index (χ0n) is 11.1. The van der Waals surface area contributed by atoms with Crippen LogP contribution >= 0.6 is 0 Å². The van der Waals surface area contributed by atoms with Gasteiger partial charge in [-0.05, 0) is 42.3 Å². The summed E-state index contributed by atoms with van der Waals surface area (Å²) in [5, 5.41) is 13.1. The smallest absolute Gasteiger partial charge is 0.159 e. The number of hydrogen-bond acceptors (Lipinski definition) is 3. The number of nitrogens with one attached hydrogen (secondary N) is 1. The van der Waals surface area contributed by atoms with Gasteiger partial charge in [-0.2, -0.15) is 0 Å². The Bertz CT molecular complexity index is 563. The highest BCUT2D eigenvalue weighted by Gasteiger charge is 2.12. The number of aliphatic hydroxyl groups excluding tert-OH is 1. The number of nitrogens with zero attached hydrogens (tertiary/aromatic N) is 1. The van der Waals surface area contributed by atoms with Crippen LogP contribution in [0, 0.1) is 11.6 Å². The number of halogens is 2. The highest BCUT2D eigenvalue weighted by atomic mass is 19.2. The van der Waals surface area contributed by atoms with Crippen molar-refractivity contribution in [3.05, 3.63) is 65.5 Å². The molecule has 0 bridgehead atoms. The van der Waals surface area contributed by atoms with E-state index >= 15 is 0 Å². The molecular weight excluding hydrogens is 262 g/mol. The van der Waals surface area contributed by atoms with Crippen LogP contribution in [-0.2, 0) is 0 Å². The maximum absolute atomic E-state index is 13.1. The van der Waals surface area contributed by atoms with Gasteiger partial charge in [0.25, 0.3) is 0 Å². The number of rotatable bonds is 5. The van der Waals surface area contributed by atoms with Gasteiger partial charge in [0, 0.05) is 25.0 Å². The van der Waals surface area contributed by atoms with Crippen LogP contribution in [0.1, 0.15) is 30.2 Å². The third-order valence-electron chi connectivity index (χ3n) is 3.15. The van der Waals surface area contributed by atoms with Gasteiger partial charge in [0.1, 0.15) is 0 Å². The zero-order valence-corrected chi connectivity index (χ0v) is 11.1. The SMILES string of the molecule is C[C@H](NCC(O)c1ccc(F)c(F)c1)c1ccncc1. The van der Waals surface area contributed by atoms with Crippen LogP contribution in [0.2, 0.25) is 0 Å². The Hall–Kier alpha value is -1.85. The Morgan fingerprint density at radius 2 is 1.80 bits per heavy atom. The molecule has 1 heterocycles. The van der Waals surface area contributed by atoms with E-state index in [2.05, 4.69) is 10.3 Å². The summed E-state index contributed by atoms with van der Waals surface area (Å²) in [5.41, 5.74) is 1.39. The molecule has 0 spiro atoms. The van der Waals surface area contributed by atoms with Gasteiger partial charge in [-0.15, -0.1) is 0 Å². The monoisotopic (exact) mass is 278 g/mol. The minimum absolute atomic E-state index is 0.0259. The topological polar surface area (TPSA) is 45.1 Å². The Balaban J connectivity index is 1.95. The van der Waals surface area contributed by atoms with Crippen LogP contribution in [0.15, 0.2) is 42.7 Å². The second kappa shape index (κ2) is 6.54. The summed E-state index contributed by atoms with van der Waals surface area (Å²) in [6.07, 6.45) is 2.49. The van der Waals surface area contributed by atoms with Gasteiger partial charge in [0.2, 0.25) is 0 Å². The van der Waals surface area contributed by atoms with Gasteiger partial charge in [-0.1, -0.05) is 6.07 Å². The molecule has 0 aliphatic carbocycles. The van der Waals surface area contributed by atoms with E-state index in [-0.39, 0.29) is 12.6 Å². The molecule has 0 saturated heterocycles. The molecule has 0 radical (unpaired) electrons. The van der Waals surface area contributed by atoms with E-state index in [1.165, 1.54) is 6.07 Å². The van der Waals surface area contributed by atoms with E-state index in [9.17, 15) is 13.9 Å². The number of aromatic nitrogens is 1. The highest BCUT2D eigenvalue weighted by Crippen LogP contribution is 2.17. The Kier molecular flexibility index (Phi) is 4.76. The van der Waals surface area contributed by atoms with Crippen molar-refractivity contribution in [1.29, 1.82) is 0 Å². The highest BCUT2D eigenvalue weighted by molar-refractivity contribution is 5.20. The largest absolute Gasteiger partial charge is 0.387 e. The number of benzene rings is 1. The lowest BCUT2D eigenvalue weighted by Gasteiger charge is -2.17. The van der Waals surface area contributed by atoms with Gasteiger partial charge in [0.05, 0.1) is 6.10 Å². The van der Waals surface area contributed by atoms with Crippen molar-refractivity contribution in [2.75, 3.05) is 6.54 Å². The van der Waals surface area contributed by atoms with Gasteiger partial charge < -0.3 is 10.4 Å². The third kappa shape index (κ3) is 3.59. The quantitative estimate of drug-likeness (QED) is 0.884. The van der Waals surface area contributed by atoms with E-state index in [1.807, 2.05) is 19.1 Å². The average molecular weight is 278 g/mol. The fraction of sp³-hybridized carbons (Fsp3) is 0.267. The van der Waals surface area contributed by atoms with E-state index < -0.39 is 17.7 Å². The first-order valence-electron chi connectivity index (χ1n) is 6.34. The minimum atomic E-state index is -0.955. The summed E-state index contributed by atoms with van der Waals surface area (Å²) in [7, 11) is 0. The molecule has 0 amide bonds. The second-order valence-electron chi connectivity index (χ2n) is 4.60. The summed E-state index contributed by atoms with van der Waals surface area (Å²) in [6, 6.07) is 7.18. The van der Waals surface area contributed by atoms with E-state index in [0.717, 1.165) is 17.7 Å². The second-order valence-corrected chi connectivity index (χ2v) is 4.60. The molecule has 1 unspecified atom stereocenters. The van der Waals surface area contributed by atoms with Crippen molar-refractivity contribution in [3.63, 3.8) is 0 Å². The Labute approximate surface area is 116 Å². The molecule has 3 nitrogen and oxygen atoms in total. The first-order valence-corrected chi connectivity index (χ1v) is 6.34. The molecule has 5 heteroatoms. The van der Waals surface area contributed by atoms with Crippen molar-refractivity contribution in [2.24, 2.45) is 0 Å². The third-order valence-corrected chi connectivity index (χ3v) is 3.15. The molecule has 0 aliphatic heterocycles. The van der Waals surface area contributed by atoms with Gasteiger partial charge >= 0.3 is 0 Å². The Morgan fingerprint density at radius 3 is 2.45 bits per heavy atom. The lowest BCUT2D eigenvalue weighted by molar-refractivity contribution is 0.170. The molecule has 1 aromatic heterocycles. The van der Waals surface area contributed by atoms with Crippen LogP contribution < -0.4 is 5.32 Å². The molecule has 0 aliphatic rings. The van der Waals surface area contributed by atoms with Crippen molar-refractivity contribution >= 4 is 0 Å². The molecular formula is C15H16F2N2O. The lowest BCUT2D eigenvalue weighted by Crippen LogP contribution is -2.24. The molecule has 2 rings (SSSR count). The normalized spacial score (nSPS) is 14.0. The van der Waals surface area contributed by atoms with E-state index in [0.29, 0.717) is 5.56 Å². The summed E-state index contributed by atoms with van der Waals surface area (Å²) < 4.78 is 25.9. The van der Waals surface area contributed by atoms with Crippen LogP contribution in [0.4, 0.5) is 8.78 Å². The standard InChI is InChI=1S/C15H16F2N2O/c1-10(11-4-6-18-7-5-11)19-9-15(20)12-2-3-13(16)14(17)8-12/h2-8,10,15,19-20H,9H2,1H3/t10-,15?/m0/s1. The van der Waals surface area contributed by atoms with Gasteiger partial charge in [0.15, 0.2) is 11.6 Å². The molecule has 0 fully saturated rings. The van der Waals surface area contributed by atoms with E-state index in [4.69, 9.17) is 0 Å². The fourth-order valence-electron chi connectivity index (χ4n) is 1.90. The van der Waals surface area contributed by atoms with Gasteiger partial charge in [-0.3, -0.25) is 4.98 Å². The number of aliphatic hydroxyl groups is 1. The summed E-state index contributed by atoms with van der Waals surface area (Å²) in [5.74, 6) is -1.87. The average Bonchev–Trinajstić information content (AvgIpc) is 2.48. The summed E-state index contributed by atoms with van der Waals surface area (Å²) >= 11 is 0. The maximum atomic E-state index is 13.1. The fourth-order valence-corrected chi connectivity index (χ4v) is 1.90. The molecule has 2 N–H and O–H groups in total. The first kappa shape index (κ1) is 14.6. The molecule has 106 valence electrons. The molecule has 2 atom stereocenters. The summed E-state index contributed by atoms with van der Waals surface area (Å²) in [4.78, 5) is 3.93.